The first kappa shape index (κ1) is 18.0. The van der Waals surface area contributed by atoms with Gasteiger partial charge in [-0.2, -0.15) is 5.26 Å². The number of H-pyrrole nitrogens is 1. The second-order valence-electron chi connectivity index (χ2n) is 5.81. The van der Waals surface area contributed by atoms with Crippen molar-refractivity contribution in [3.63, 3.8) is 0 Å². The van der Waals surface area contributed by atoms with Crippen LogP contribution in [-0.2, 0) is 0 Å². The number of aromatic nitrogens is 2. The van der Waals surface area contributed by atoms with Crippen molar-refractivity contribution in [3.8, 4) is 17.5 Å². The van der Waals surface area contributed by atoms with Gasteiger partial charge in [-0.25, -0.2) is 9.89 Å². The molecule has 0 bridgehead atoms. The molecule has 24 heavy (non-hydrogen) atoms. The molecular weight excluding hydrogens is 330 g/mol. The van der Waals surface area contributed by atoms with E-state index in [0.29, 0.717) is 17.0 Å². The zero-order valence-corrected chi connectivity index (χ0v) is 14.2. The van der Waals surface area contributed by atoms with Gasteiger partial charge in [0.1, 0.15) is 6.07 Å². The molecule has 1 atom stereocenters. The van der Waals surface area contributed by atoms with Gasteiger partial charge in [-0.05, 0) is 57.0 Å². The Morgan fingerprint density at radius 1 is 1.42 bits per heavy atom. The lowest BCUT2D eigenvalue weighted by atomic mass is 9.91. The van der Waals surface area contributed by atoms with Crippen LogP contribution in [0.4, 0.5) is 5.69 Å². The summed E-state index contributed by atoms with van der Waals surface area (Å²) in [4.78, 5) is 11.1. The summed E-state index contributed by atoms with van der Waals surface area (Å²) in [7, 11) is 0. The number of piperidine rings is 1. The Bertz CT molecular complexity index is 773. The Morgan fingerprint density at radius 2 is 2.17 bits per heavy atom. The van der Waals surface area contributed by atoms with E-state index in [1.54, 1.807) is 18.2 Å². The number of nitrogens with zero attached hydrogens (tertiary/aromatic N) is 2. The molecule has 0 unspecified atom stereocenters. The van der Waals surface area contributed by atoms with Crippen LogP contribution in [0.1, 0.15) is 25.3 Å². The van der Waals surface area contributed by atoms with Crippen molar-refractivity contribution in [3.05, 3.63) is 34.3 Å². The fourth-order valence-electron chi connectivity index (χ4n) is 2.95. The number of rotatable bonds is 4. The predicted octanol–water partition coefficient (Wildman–Crippen LogP) is 2.12. The third-order valence-electron chi connectivity index (χ3n) is 4.30. The molecule has 3 rings (SSSR count). The third kappa shape index (κ3) is 3.96. The van der Waals surface area contributed by atoms with E-state index in [2.05, 4.69) is 33.8 Å². The quantitative estimate of drug-likeness (QED) is 0.780. The van der Waals surface area contributed by atoms with Crippen molar-refractivity contribution < 1.29 is 4.42 Å². The second kappa shape index (κ2) is 7.99. The molecule has 1 aromatic carbocycles. The summed E-state index contributed by atoms with van der Waals surface area (Å²) in [6, 6.07) is 7.68. The number of hydrogen-bond donors (Lipinski definition) is 3. The molecular formula is C16H20ClN5O2. The molecule has 1 saturated heterocycles. The van der Waals surface area contributed by atoms with Gasteiger partial charge in [0.2, 0.25) is 5.89 Å². The van der Waals surface area contributed by atoms with Crippen LogP contribution >= 0.6 is 12.4 Å². The van der Waals surface area contributed by atoms with Crippen molar-refractivity contribution in [1.82, 2.24) is 15.5 Å². The van der Waals surface area contributed by atoms with Gasteiger partial charge in [0.15, 0.2) is 0 Å². The van der Waals surface area contributed by atoms with E-state index < -0.39 is 5.76 Å². The first-order valence-corrected chi connectivity index (χ1v) is 7.74. The highest BCUT2D eigenvalue weighted by Crippen LogP contribution is 2.26. The Balaban J connectivity index is 0.00000208. The highest BCUT2D eigenvalue weighted by molar-refractivity contribution is 5.85. The second-order valence-corrected chi connectivity index (χ2v) is 5.81. The van der Waals surface area contributed by atoms with E-state index in [1.165, 1.54) is 0 Å². The van der Waals surface area contributed by atoms with Crippen molar-refractivity contribution >= 4 is 18.1 Å². The zero-order chi connectivity index (χ0) is 16.2. The molecule has 0 spiro atoms. The van der Waals surface area contributed by atoms with E-state index in [0.717, 1.165) is 31.6 Å². The molecule has 1 aliphatic rings. The smallest absolute Gasteiger partial charge is 0.388 e. The summed E-state index contributed by atoms with van der Waals surface area (Å²) in [5.41, 5.74) is 1.96. The Kier molecular flexibility index (Phi) is 6.01. The van der Waals surface area contributed by atoms with Crippen LogP contribution in [0.25, 0.3) is 11.5 Å². The van der Waals surface area contributed by atoms with Crippen LogP contribution in [0.15, 0.2) is 27.4 Å². The van der Waals surface area contributed by atoms with Gasteiger partial charge in [-0.15, -0.1) is 17.5 Å². The minimum absolute atomic E-state index is 0. The fraction of sp³-hybridized carbons (Fsp3) is 0.438. The molecule has 0 aliphatic carbocycles. The van der Waals surface area contributed by atoms with Gasteiger partial charge >= 0.3 is 5.76 Å². The van der Waals surface area contributed by atoms with Gasteiger partial charge < -0.3 is 15.1 Å². The number of halogens is 1. The van der Waals surface area contributed by atoms with Gasteiger partial charge in [0.25, 0.3) is 0 Å². The van der Waals surface area contributed by atoms with E-state index in [4.69, 9.17) is 4.42 Å². The minimum atomic E-state index is -0.595. The Morgan fingerprint density at radius 3 is 2.79 bits per heavy atom. The number of nitrogens with one attached hydrogen (secondary N) is 3. The molecule has 2 aromatic rings. The number of anilines is 1. The summed E-state index contributed by atoms with van der Waals surface area (Å²) in [6.07, 6.45) is 2.23. The minimum Gasteiger partial charge on any atom is -0.388 e. The lowest BCUT2D eigenvalue weighted by Crippen LogP contribution is -2.36. The number of hydrogen-bond acceptors (Lipinski definition) is 6. The highest BCUT2D eigenvalue weighted by atomic mass is 35.5. The molecule has 3 N–H and O–H groups in total. The molecule has 1 aliphatic heterocycles. The lowest BCUT2D eigenvalue weighted by Gasteiger charge is -2.29. The zero-order valence-electron chi connectivity index (χ0n) is 13.3. The monoisotopic (exact) mass is 349 g/mol. The molecule has 128 valence electrons. The topological polar surface area (TPSA) is 107 Å². The summed E-state index contributed by atoms with van der Waals surface area (Å²) < 4.78 is 4.98. The van der Waals surface area contributed by atoms with Crippen LogP contribution in [0.5, 0.6) is 0 Å². The van der Waals surface area contributed by atoms with Crippen molar-refractivity contribution in [2.75, 3.05) is 18.4 Å². The molecule has 0 radical (unpaired) electrons. The number of nitriles is 1. The lowest BCUT2D eigenvalue weighted by molar-refractivity contribution is 0.343. The van der Waals surface area contributed by atoms with Crippen LogP contribution in [-0.4, -0.2) is 29.3 Å². The van der Waals surface area contributed by atoms with Gasteiger partial charge in [-0.3, -0.25) is 0 Å². The summed E-state index contributed by atoms with van der Waals surface area (Å²) in [5, 5.41) is 22.2. The first-order chi connectivity index (χ1) is 11.2. The third-order valence-corrected chi connectivity index (χ3v) is 4.30. The molecule has 7 nitrogen and oxygen atoms in total. The Labute approximate surface area is 145 Å². The van der Waals surface area contributed by atoms with Crippen LogP contribution in [0, 0.1) is 17.2 Å². The van der Waals surface area contributed by atoms with Crippen molar-refractivity contribution in [1.29, 1.82) is 5.26 Å². The SMILES string of the molecule is C[C@H](Nc1cc(-c2n[nH]c(=O)o2)ccc1C#N)C1CCNCC1.Cl. The molecule has 2 heterocycles. The molecule has 0 saturated carbocycles. The van der Waals surface area contributed by atoms with Gasteiger partial charge in [0.05, 0.1) is 11.3 Å². The van der Waals surface area contributed by atoms with E-state index in [9.17, 15) is 10.1 Å². The first-order valence-electron chi connectivity index (χ1n) is 7.74. The summed E-state index contributed by atoms with van der Waals surface area (Å²) in [6.45, 7) is 4.19. The highest BCUT2D eigenvalue weighted by Gasteiger charge is 2.21. The Hall–Kier alpha value is -2.30. The average Bonchev–Trinajstić information content (AvgIpc) is 3.02. The van der Waals surface area contributed by atoms with Crippen molar-refractivity contribution in [2.24, 2.45) is 5.92 Å². The molecule has 1 fully saturated rings. The van der Waals surface area contributed by atoms with Crippen LogP contribution in [0.2, 0.25) is 0 Å². The molecule has 0 amide bonds. The number of aromatic amines is 1. The van der Waals surface area contributed by atoms with Crippen molar-refractivity contribution in [2.45, 2.75) is 25.8 Å². The average molecular weight is 350 g/mol. The standard InChI is InChI=1S/C16H19N5O2.ClH/c1-10(11-4-6-18-7-5-11)19-14-8-12(2-3-13(14)9-17)15-20-21-16(22)23-15;/h2-3,8,10-11,18-19H,4-7H2,1H3,(H,21,22);1H/t10-;/m0./s1. The van der Waals surface area contributed by atoms with Crippen LogP contribution < -0.4 is 16.4 Å². The van der Waals surface area contributed by atoms with Gasteiger partial charge in [0, 0.05) is 11.6 Å². The summed E-state index contributed by atoms with van der Waals surface area (Å²) in [5.74, 6) is 0.189. The van der Waals surface area contributed by atoms with E-state index in [-0.39, 0.29) is 24.3 Å². The fourth-order valence-corrected chi connectivity index (χ4v) is 2.95. The van der Waals surface area contributed by atoms with E-state index in [1.807, 2.05) is 0 Å². The normalized spacial score (nSPS) is 16.0. The largest absolute Gasteiger partial charge is 0.434 e. The molecule has 8 heteroatoms. The maximum absolute atomic E-state index is 11.1. The number of benzene rings is 1. The van der Waals surface area contributed by atoms with E-state index >= 15 is 0 Å². The molecule has 1 aromatic heterocycles. The maximum atomic E-state index is 11.1. The predicted molar refractivity (Wildman–Crippen MR) is 93.2 cm³/mol. The summed E-state index contributed by atoms with van der Waals surface area (Å²) >= 11 is 0. The maximum Gasteiger partial charge on any atom is 0.434 e. The van der Waals surface area contributed by atoms with Gasteiger partial charge in [-0.1, -0.05) is 0 Å². The van der Waals surface area contributed by atoms with Crippen LogP contribution in [0.3, 0.4) is 0 Å².